The van der Waals surface area contributed by atoms with Gasteiger partial charge in [0.1, 0.15) is 5.82 Å². The van der Waals surface area contributed by atoms with E-state index in [1.54, 1.807) is 0 Å². The molecule has 0 saturated heterocycles. The van der Waals surface area contributed by atoms with Gasteiger partial charge in [-0.15, -0.1) is 0 Å². The Morgan fingerprint density at radius 3 is 2.61 bits per heavy atom. The minimum Gasteiger partial charge on any atom is -0.327 e. The summed E-state index contributed by atoms with van der Waals surface area (Å²) in [5.41, 5.74) is 2.63. The van der Waals surface area contributed by atoms with Crippen molar-refractivity contribution in [2.45, 2.75) is 40.8 Å². The van der Waals surface area contributed by atoms with E-state index in [4.69, 9.17) is 4.98 Å². The molecule has 3 nitrogen and oxygen atoms in total. The van der Waals surface area contributed by atoms with Crippen LogP contribution in [0.15, 0.2) is 24.3 Å². The molecule has 0 radical (unpaired) electrons. The molecule has 2 aromatic rings. The summed E-state index contributed by atoms with van der Waals surface area (Å²) in [7, 11) is 0. The van der Waals surface area contributed by atoms with Gasteiger partial charge in [-0.2, -0.15) is 0 Å². The summed E-state index contributed by atoms with van der Waals surface area (Å²) < 4.78 is 2.28. The topological polar surface area (TPSA) is 29.9 Å². The number of benzene rings is 1. The number of nitrogens with zero attached hydrogens (tertiary/aromatic N) is 2. The van der Waals surface area contributed by atoms with Gasteiger partial charge in [0.2, 0.25) is 0 Å². The quantitative estimate of drug-likeness (QED) is 0.896. The van der Waals surface area contributed by atoms with Gasteiger partial charge in [0.25, 0.3) is 0 Å². The number of para-hydroxylation sites is 2. The van der Waals surface area contributed by atoms with Crippen molar-refractivity contribution in [3.05, 3.63) is 30.1 Å². The van der Waals surface area contributed by atoms with Crippen molar-refractivity contribution >= 4 is 11.0 Å². The molecule has 0 bridgehead atoms. The number of fused-ring (bicyclic) bond motifs is 1. The third kappa shape index (κ3) is 2.91. The number of nitrogens with one attached hydrogen (secondary N) is 1. The lowest BCUT2D eigenvalue weighted by molar-refractivity contribution is 0.375. The van der Waals surface area contributed by atoms with Gasteiger partial charge in [0.05, 0.1) is 17.6 Å². The molecule has 18 heavy (non-hydrogen) atoms. The maximum atomic E-state index is 4.70. The van der Waals surface area contributed by atoms with E-state index in [-0.39, 0.29) is 0 Å². The van der Waals surface area contributed by atoms with Crippen molar-refractivity contribution in [2.75, 3.05) is 6.54 Å². The number of hydrogen-bond acceptors (Lipinski definition) is 2. The number of hydrogen-bond donors (Lipinski definition) is 1. The molecule has 0 unspecified atom stereocenters. The van der Waals surface area contributed by atoms with Gasteiger partial charge >= 0.3 is 0 Å². The Hall–Kier alpha value is -1.35. The summed E-state index contributed by atoms with van der Waals surface area (Å²) in [6.45, 7) is 11.7. The van der Waals surface area contributed by atoms with Crippen molar-refractivity contribution in [3.8, 4) is 0 Å². The standard InChI is InChI=1S/C15H23N3/c1-5-18-13-9-7-6-8-12(13)17-14(18)10-16-11-15(2,3)4/h6-9,16H,5,10-11H2,1-4H3. The molecule has 0 fully saturated rings. The second kappa shape index (κ2) is 5.11. The lowest BCUT2D eigenvalue weighted by atomic mass is 9.97. The Bertz CT molecular complexity index is 520. The molecule has 98 valence electrons. The van der Waals surface area contributed by atoms with Gasteiger partial charge in [-0.05, 0) is 24.5 Å². The Kier molecular flexibility index (Phi) is 3.71. The van der Waals surface area contributed by atoms with E-state index < -0.39 is 0 Å². The SMILES string of the molecule is CCn1c(CNCC(C)(C)C)nc2ccccc21. The van der Waals surface area contributed by atoms with Gasteiger partial charge in [0, 0.05) is 13.1 Å². The van der Waals surface area contributed by atoms with Crippen LogP contribution in [0.4, 0.5) is 0 Å². The summed E-state index contributed by atoms with van der Waals surface area (Å²) in [4.78, 5) is 4.70. The van der Waals surface area contributed by atoms with E-state index >= 15 is 0 Å². The fourth-order valence-electron chi connectivity index (χ4n) is 2.16. The first kappa shape index (κ1) is 13.1. The highest BCUT2D eigenvalue weighted by Gasteiger charge is 2.12. The van der Waals surface area contributed by atoms with Crippen LogP contribution >= 0.6 is 0 Å². The Labute approximate surface area is 109 Å². The molecule has 0 aliphatic rings. The largest absolute Gasteiger partial charge is 0.327 e. The molecule has 0 aliphatic carbocycles. The molecular weight excluding hydrogens is 222 g/mol. The van der Waals surface area contributed by atoms with Crippen molar-refractivity contribution in [3.63, 3.8) is 0 Å². The van der Waals surface area contributed by atoms with E-state index in [0.29, 0.717) is 5.41 Å². The summed E-state index contributed by atoms with van der Waals surface area (Å²) in [6.07, 6.45) is 0. The first-order valence-electron chi connectivity index (χ1n) is 6.66. The maximum Gasteiger partial charge on any atom is 0.123 e. The minimum absolute atomic E-state index is 0.309. The second-order valence-corrected chi connectivity index (χ2v) is 5.93. The highest BCUT2D eigenvalue weighted by Crippen LogP contribution is 2.16. The van der Waals surface area contributed by atoms with Gasteiger partial charge < -0.3 is 9.88 Å². The van der Waals surface area contributed by atoms with Crippen LogP contribution in [0.3, 0.4) is 0 Å². The zero-order chi connectivity index (χ0) is 13.2. The fourth-order valence-corrected chi connectivity index (χ4v) is 2.16. The van der Waals surface area contributed by atoms with Crippen LogP contribution in [-0.4, -0.2) is 16.1 Å². The molecule has 2 rings (SSSR count). The van der Waals surface area contributed by atoms with Crippen LogP contribution in [0, 0.1) is 5.41 Å². The van der Waals surface area contributed by atoms with Gasteiger partial charge in [0.15, 0.2) is 0 Å². The molecule has 3 heteroatoms. The summed E-state index contributed by atoms with van der Waals surface area (Å²) in [5, 5.41) is 3.49. The van der Waals surface area contributed by atoms with Crippen LogP contribution < -0.4 is 5.32 Å². The summed E-state index contributed by atoms with van der Waals surface area (Å²) in [5.74, 6) is 1.13. The maximum absolute atomic E-state index is 4.70. The average molecular weight is 245 g/mol. The van der Waals surface area contributed by atoms with Crippen molar-refractivity contribution in [1.82, 2.24) is 14.9 Å². The molecule has 0 spiro atoms. The Balaban J connectivity index is 2.17. The zero-order valence-electron chi connectivity index (χ0n) is 11.8. The average Bonchev–Trinajstić information content (AvgIpc) is 2.64. The van der Waals surface area contributed by atoms with E-state index in [9.17, 15) is 0 Å². The van der Waals surface area contributed by atoms with E-state index in [1.807, 2.05) is 6.07 Å². The minimum atomic E-state index is 0.309. The van der Waals surface area contributed by atoms with Crippen LogP contribution in [0.1, 0.15) is 33.5 Å². The van der Waals surface area contributed by atoms with E-state index in [0.717, 1.165) is 31.0 Å². The first-order chi connectivity index (χ1) is 8.51. The smallest absolute Gasteiger partial charge is 0.123 e. The molecule has 0 aliphatic heterocycles. The van der Waals surface area contributed by atoms with Crippen molar-refractivity contribution in [1.29, 1.82) is 0 Å². The predicted molar refractivity (Wildman–Crippen MR) is 76.6 cm³/mol. The Morgan fingerprint density at radius 2 is 1.94 bits per heavy atom. The Morgan fingerprint density at radius 1 is 1.22 bits per heavy atom. The molecule has 1 aromatic heterocycles. The predicted octanol–water partition coefficient (Wildman–Crippen LogP) is 3.19. The van der Waals surface area contributed by atoms with Gasteiger partial charge in [-0.25, -0.2) is 4.98 Å². The number of aryl methyl sites for hydroxylation is 1. The summed E-state index contributed by atoms with van der Waals surface area (Å²) >= 11 is 0. The van der Waals surface area contributed by atoms with Crippen LogP contribution in [-0.2, 0) is 13.1 Å². The van der Waals surface area contributed by atoms with Gasteiger partial charge in [-0.3, -0.25) is 0 Å². The van der Waals surface area contributed by atoms with E-state index in [1.165, 1.54) is 5.52 Å². The number of rotatable bonds is 4. The number of imidazole rings is 1. The zero-order valence-corrected chi connectivity index (χ0v) is 11.8. The second-order valence-electron chi connectivity index (χ2n) is 5.93. The monoisotopic (exact) mass is 245 g/mol. The summed E-state index contributed by atoms with van der Waals surface area (Å²) in [6, 6.07) is 8.33. The molecule has 1 aromatic carbocycles. The van der Waals surface area contributed by atoms with Crippen molar-refractivity contribution in [2.24, 2.45) is 5.41 Å². The lowest BCUT2D eigenvalue weighted by Gasteiger charge is -2.18. The highest BCUT2D eigenvalue weighted by molar-refractivity contribution is 5.75. The number of aromatic nitrogens is 2. The highest BCUT2D eigenvalue weighted by atomic mass is 15.1. The van der Waals surface area contributed by atoms with Crippen LogP contribution in [0.25, 0.3) is 11.0 Å². The molecule has 0 saturated carbocycles. The van der Waals surface area contributed by atoms with Crippen LogP contribution in [0.2, 0.25) is 0 Å². The molecule has 1 N–H and O–H groups in total. The van der Waals surface area contributed by atoms with Crippen molar-refractivity contribution < 1.29 is 0 Å². The lowest BCUT2D eigenvalue weighted by Crippen LogP contribution is -2.27. The van der Waals surface area contributed by atoms with Gasteiger partial charge in [-0.1, -0.05) is 32.9 Å². The fraction of sp³-hybridized carbons (Fsp3) is 0.533. The molecule has 0 amide bonds. The van der Waals surface area contributed by atoms with Crippen LogP contribution in [0.5, 0.6) is 0 Å². The molecule has 0 atom stereocenters. The van der Waals surface area contributed by atoms with E-state index in [2.05, 4.69) is 55.8 Å². The molecular formula is C15H23N3. The normalized spacial score (nSPS) is 12.2. The third-order valence-corrected chi connectivity index (χ3v) is 2.99. The third-order valence-electron chi connectivity index (χ3n) is 2.99. The molecule has 1 heterocycles. The first-order valence-corrected chi connectivity index (χ1v) is 6.66.